The highest BCUT2D eigenvalue weighted by Gasteiger charge is 2.08. The fourth-order valence-electron chi connectivity index (χ4n) is 1.61. The minimum atomic E-state index is 0.221. The molecule has 4 N–H and O–H groups in total. The summed E-state index contributed by atoms with van der Waals surface area (Å²) in [5.74, 6) is 2.05. The van der Waals surface area contributed by atoms with Crippen molar-refractivity contribution in [3.63, 3.8) is 0 Å². The molecule has 0 aliphatic carbocycles. The quantitative estimate of drug-likeness (QED) is 0.364. The van der Waals surface area contributed by atoms with E-state index in [-0.39, 0.29) is 5.92 Å². The van der Waals surface area contributed by atoms with Crippen LogP contribution in [0.1, 0.15) is 25.6 Å². The second-order valence-electron chi connectivity index (χ2n) is 5.11. The van der Waals surface area contributed by atoms with E-state index in [1.165, 1.54) is 0 Å². The molecule has 23 heavy (non-hydrogen) atoms. The molecular weight excluding hydrogens is 296 g/mol. The van der Waals surface area contributed by atoms with E-state index in [0.717, 1.165) is 5.82 Å². The van der Waals surface area contributed by atoms with Crippen molar-refractivity contribution < 1.29 is 9.47 Å². The average Bonchev–Trinajstić information content (AvgIpc) is 2.55. The molecule has 0 aliphatic rings. The first-order chi connectivity index (χ1) is 11.2. The lowest BCUT2D eigenvalue weighted by molar-refractivity contribution is 0.0547. The summed E-state index contributed by atoms with van der Waals surface area (Å²) in [7, 11) is 0. The molecule has 0 fully saturated rings. The summed E-state index contributed by atoms with van der Waals surface area (Å²) in [5.41, 5.74) is 5.33. The fraction of sp³-hybridized carbons (Fsp3) is 0.667. The molecular formula is C15H28N6O2. The normalized spacial score (nSPS) is 10.8. The predicted molar refractivity (Wildman–Crippen MR) is 91.8 cm³/mol. The summed E-state index contributed by atoms with van der Waals surface area (Å²) in [5, 5.41) is 6.23. The van der Waals surface area contributed by atoms with Gasteiger partial charge in [-0.15, -0.1) is 6.58 Å². The Hall–Kier alpha value is -1.77. The molecule has 0 bridgehead atoms. The van der Waals surface area contributed by atoms with Crippen molar-refractivity contribution in [1.29, 1.82) is 0 Å². The average molecular weight is 324 g/mol. The third-order valence-corrected chi connectivity index (χ3v) is 2.74. The molecule has 130 valence electrons. The van der Waals surface area contributed by atoms with Crippen LogP contribution in [-0.2, 0) is 9.47 Å². The Morgan fingerprint density at radius 2 is 1.70 bits per heavy atom. The van der Waals surface area contributed by atoms with Crippen LogP contribution >= 0.6 is 0 Å². The lowest BCUT2D eigenvalue weighted by Gasteiger charge is -2.11. The van der Waals surface area contributed by atoms with Crippen LogP contribution in [0.2, 0.25) is 0 Å². The summed E-state index contributed by atoms with van der Waals surface area (Å²) in [6, 6.07) is 0. The van der Waals surface area contributed by atoms with Gasteiger partial charge in [0, 0.05) is 25.6 Å². The number of nitrogens with two attached hydrogens (primary N) is 1. The van der Waals surface area contributed by atoms with Gasteiger partial charge in [0.25, 0.3) is 0 Å². The van der Waals surface area contributed by atoms with Crippen molar-refractivity contribution >= 4 is 11.9 Å². The largest absolute Gasteiger partial charge is 0.378 e. The summed E-state index contributed by atoms with van der Waals surface area (Å²) in [4.78, 5) is 13.1. The van der Waals surface area contributed by atoms with Gasteiger partial charge in [0.1, 0.15) is 5.82 Å². The van der Waals surface area contributed by atoms with E-state index in [1.54, 1.807) is 6.08 Å². The number of anilines is 2. The third kappa shape index (κ3) is 8.44. The summed E-state index contributed by atoms with van der Waals surface area (Å²) < 4.78 is 10.7. The first-order valence-corrected chi connectivity index (χ1v) is 7.87. The highest BCUT2D eigenvalue weighted by molar-refractivity contribution is 5.35. The van der Waals surface area contributed by atoms with Gasteiger partial charge in [-0.1, -0.05) is 19.9 Å². The van der Waals surface area contributed by atoms with Gasteiger partial charge in [-0.2, -0.15) is 15.0 Å². The van der Waals surface area contributed by atoms with Crippen molar-refractivity contribution in [2.75, 3.05) is 56.7 Å². The van der Waals surface area contributed by atoms with E-state index in [4.69, 9.17) is 15.2 Å². The van der Waals surface area contributed by atoms with Crippen LogP contribution in [-0.4, -0.2) is 61.0 Å². The molecule has 0 aliphatic heterocycles. The van der Waals surface area contributed by atoms with Crippen LogP contribution in [0.4, 0.5) is 11.9 Å². The first-order valence-electron chi connectivity index (χ1n) is 7.87. The Balaban J connectivity index is 2.39. The predicted octanol–water partition coefficient (Wildman–Crippen LogP) is 0.997. The minimum absolute atomic E-state index is 0.221. The fourth-order valence-corrected chi connectivity index (χ4v) is 1.61. The topological polar surface area (TPSA) is 107 Å². The molecule has 1 aromatic heterocycles. The molecule has 1 heterocycles. The zero-order valence-electron chi connectivity index (χ0n) is 14.0. The van der Waals surface area contributed by atoms with Gasteiger partial charge in [-0.25, -0.2) is 0 Å². The Morgan fingerprint density at radius 1 is 1.04 bits per heavy atom. The van der Waals surface area contributed by atoms with Gasteiger partial charge in [-0.05, 0) is 0 Å². The van der Waals surface area contributed by atoms with E-state index in [0.29, 0.717) is 58.0 Å². The summed E-state index contributed by atoms with van der Waals surface area (Å²) in [6.45, 7) is 11.7. The van der Waals surface area contributed by atoms with E-state index < -0.39 is 0 Å². The summed E-state index contributed by atoms with van der Waals surface area (Å²) in [6.07, 6.45) is 1.76. The zero-order chi connectivity index (χ0) is 16.9. The molecule has 0 saturated carbocycles. The van der Waals surface area contributed by atoms with Crippen molar-refractivity contribution in [3.05, 3.63) is 18.5 Å². The van der Waals surface area contributed by atoms with E-state index >= 15 is 0 Å². The smallest absolute Gasteiger partial charge is 0.228 e. The Kier molecular flexibility index (Phi) is 9.85. The van der Waals surface area contributed by atoms with Gasteiger partial charge in [0.2, 0.25) is 11.9 Å². The van der Waals surface area contributed by atoms with Crippen LogP contribution in [0.25, 0.3) is 0 Å². The van der Waals surface area contributed by atoms with Crippen molar-refractivity contribution in [1.82, 2.24) is 15.0 Å². The van der Waals surface area contributed by atoms with Crippen LogP contribution in [0.15, 0.2) is 12.7 Å². The number of hydrogen-bond acceptors (Lipinski definition) is 8. The summed E-state index contributed by atoms with van der Waals surface area (Å²) >= 11 is 0. The SMILES string of the molecule is C=CCNc1nc(NCCOCCOCCN)nc(C(C)C)n1. The van der Waals surface area contributed by atoms with E-state index in [9.17, 15) is 0 Å². The van der Waals surface area contributed by atoms with Gasteiger partial charge in [0.15, 0.2) is 0 Å². The van der Waals surface area contributed by atoms with Crippen LogP contribution < -0.4 is 16.4 Å². The zero-order valence-corrected chi connectivity index (χ0v) is 14.0. The molecule has 1 aromatic rings. The van der Waals surface area contributed by atoms with E-state index in [1.807, 2.05) is 13.8 Å². The first kappa shape index (κ1) is 19.3. The third-order valence-electron chi connectivity index (χ3n) is 2.74. The number of hydrogen-bond donors (Lipinski definition) is 3. The van der Waals surface area contributed by atoms with Crippen LogP contribution in [0.5, 0.6) is 0 Å². The lowest BCUT2D eigenvalue weighted by Crippen LogP contribution is -2.17. The molecule has 0 spiro atoms. The Morgan fingerprint density at radius 3 is 2.30 bits per heavy atom. The number of aromatic nitrogens is 3. The second-order valence-corrected chi connectivity index (χ2v) is 5.11. The molecule has 0 aromatic carbocycles. The van der Waals surface area contributed by atoms with Gasteiger partial charge >= 0.3 is 0 Å². The number of ether oxygens (including phenoxy) is 2. The molecule has 8 nitrogen and oxygen atoms in total. The molecule has 8 heteroatoms. The van der Waals surface area contributed by atoms with Crippen LogP contribution in [0.3, 0.4) is 0 Å². The molecule has 0 radical (unpaired) electrons. The number of nitrogens with one attached hydrogen (secondary N) is 2. The Bertz CT molecular complexity index is 456. The monoisotopic (exact) mass is 324 g/mol. The maximum Gasteiger partial charge on any atom is 0.228 e. The lowest BCUT2D eigenvalue weighted by atomic mass is 10.2. The second kappa shape index (κ2) is 11.8. The maximum absolute atomic E-state index is 5.45. The number of rotatable bonds is 13. The van der Waals surface area contributed by atoms with Gasteiger partial charge in [-0.3, -0.25) is 0 Å². The standard InChI is InChI=1S/C15H28N6O2/c1-4-6-17-14-19-13(12(2)3)20-15(21-14)18-7-9-23-11-10-22-8-5-16/h4,12H,1,5-11,16H2,2-3H3,(H2,17,18,19,20,21). The van der Waals surface area contributed by atoms with Gasteiger partial charge in [0.05, 0.1) is 26.4 Å². The van der Waals surface area contributed by atoms with Crippen LogP contribution in [0, 0.1) is 0 Å². The molecule has 0 atom stereocenters. The van der Waals surface area contributed by atoms with Crippen molar-refractivity contribution in [2.24, 2.45) is 5.73 Å². The van der Waals surface area contributed by atoms with Crippen molar-refractivity contribution in [2.45, 2.75) is 19.8 Å². The van der Waals surface area contributed by atoms with Gasteiger partial charge < -0.3 is 25.8 Å². The molecule has 0 unspecified atom stereocenters. The minimum Gasteiger partial charge on any atom is -0.378 e. The maximum atomic E-state index is 5.45. The molecule has 0 saturated heterocycles. The highest BCUT2D eigenvalue weighted by Crippen LogP contribution is 2.13. The van der Waals surface area contributed by atoms with Crippen molar-refractivity contribution in [3.8, 4) is 0 Å². The number of nitrogens with zero attached hydrogens (tertiary/aromatic N) is 3. The Labute approximate surface area is 137 Å². The van der Waals surface area contributed by atoms with E-state index in [2.05, 4.69) is 32.2 Å². The molecule has 0 amide bonds. The highest BCUT2D eigenvalue weighted by atomic mass is 16.5. The molecule has 1 rings (SSSR count).